The number of imide groups is 2. The van der Waals surface area contributed by atoms with E-state index in [2.05, 4.69) is 25.5 Å². The number of aryl methyl sites for hydroxylation is 1. The summed E-state index contributed by atoms with van der Waals surface area (Å²) in [5.74, 6) is -0.487. The Morgan fingerprint density at radius 2 is 1.67 bits per heavy atom. The van der Waals surface area contributed by atoms with Gasteiger partial charge in [-0.25, -0.2) is 4.68 Å². The van der Waals surface area contributed by atoms with E-state index in [4.69, 9.17) is 23.7 Å². The quantitative estimate of drug-likeness (QED) is 0.113. The number of nitrogens with one attached hydrogen (secondary N) is 1. The van der Waals surface area contributed by atoms with Crippen molar-refractivity contribution in [2.75, 3.05) is 47.1 Å². The van der Waals surface area contributed by atoms with E-state index in [1.807, 2.05) is 30.6 Å². The maximum atomic E-state index is 13.1. The Hall–Kier alpha value is -6.50. The molecule has 2 fully saturated rings. The van der Waals surface area contributed by atoms with Gasteiger partial charge < -0.3 is 28.3 Å². The third-order valence-corrected chi connectivity index (χ3v) is 10.9. The molecule has 3 aliphatic rings. The minimum absolute atomic E-state index is 0.00822. The van der Waals surface area contributed by atoms with E-state index in [9.17, 15) is 24.0 Å². The van der Waals surface area contributed by atoms with E-state index in [-0.39, 0.29) is 48.8 Å². The standard InChI is InChI=1S/C42H44N8O10/c1-47-22-33(29-8-10-43-19-32(29)40(47)53)25-16-36(56-2)34(37(17-25)57-3)23-48-11-9-28(21-48)60-24-26-20-49(46-45-26)12-13-58-14-15-59-27-4-5-30-31(18-27)42(55)50(41(30)54)35-6-7-38(51)44-39(35)52/h4-5,8,10,16-20,22,28,35H,6-7,9,11-15,21,23-24H2,1-3H3,(H,44,51,52). The fourth-order valence-electron chi connectivity index (χ4n) is 7.87. The Kier molecular flexibility index (Phi) is 11.7. The van der Waals surface area contributed by atoms with Crippen molar-refractivity contribution in [3.8, 4) is 28.4 Å². The Morgan fingerprint density at radius 3 is 2.45 bits per heavy atom. The molecule has 0 bridgehead atoms. The second kappa shape index (κ2) is 17.4. The molecule has 2 unspecified atom stereocenters. The lowest BCUT2D eigenvalue weighted by Crippen LogP contribution is -2.54. The van der Waals surface area contributed by atoms with Crippen LogP contribution < -0.4 is 25.1 Å². The fraction of sp³-hybridized carbons (Fsp3) is 0.381. The molecule has 3 aliphatic heterocycles. The van der Waals surface area contributed by atoms with Crippen molar-refractivity contribution in [2.24, 2.45) is 7.05 Å². The smallest absolute Gasteiger partial charge is 0.262 e. The molecule has 18 heteroatoms. The zero-order valence-corrected chi connectivity index (χ0v) is 33.4. The number of nitrogens with zero attached hydrogens (tertiary/aromatic N) is 7. The minimum atomic E-state index is -1.03. The maximum Gasteiger partial charge on any atom is 0.262 e. The predicted octanol–water partition coefficient (Wildman–Crippen LogP) is 2.50. The Labute approximate surface area is 343 Å². The molecular formula is C42H44N8O10. The number of likely N-dealkylation sites (tertiary alicyclic amines) is 1. The molecule has 2 atom stereocenters. The lowest BCUT2D eigenvalue weighted by atomic mass is 9.99. The van der Waals surface area contributed by atoms with E-state index in [0.717, 1.165) is 46.5 Å². The van der Waals surface area contributed by atoms with Gasteiger partial charge in [0, 0.05) is 57.3 Å². The Bertz CT molecular complexity index is 2510. The maximum absolute atomic E-state index is 13.1. The first-order chi connectivity index (χ1) is 29.1. The molecule has 0 spiro atoms. The van der Waals surface area contributed by atoms with Crippen molar-refractivity contribution in [3.05, 3.63) is 93.9 Å². The number of hydrogen-bond acceptors (Lipinski definition) is 14. The molecule has 3 aromatic heterocycles. The highest BCUT2D eigenvalue weighted by Crippen LogP contribution is 2.38. The van der Waals surface area contributed by atoms with Crippen LogP contribution in [0.25, 0.3) is 21.9 Å². The summed E-state index contributed by atoms with van der Waals surface area (Å²) in [6.07, 6.45) is 7.93. The minimum Gasteiger partial charge on any atom is -0.496 e. The number of piperidine rings is 1. The van der Waals surface area contributed by atoms with E-state index in [1.165, 1.54) is 12.1 Å². The lowest BCUT2D eigenvalue weighted by Gasteiger charge is -2.27. The largest absolute Gasteiger partial charge is 0.496 e. The number of benzene rings is 2. The number of fused-ring (bicyclic) bond motifs is 2. The van der Waals surface area contributed by atoms with Crippen LogP contribution in [0.4, 0.5) is 0 Å². The first-order valence-corrected chi connectivity index (χ1v) is 19.6. The van der Waals surface area contributed by atoms with Gasteiger partial charge in [-0.1, -0.05) is 5.21 Å². The van der Waals surface area contributed by atoms with Crippen molar-refractivity contribution >= 4 is 34.4 Å². The van der Waals surface area contributed by atoms with Gasteiger partial charge >= 0.3 is 0 Å². The van der Waals surface area contributed by atoms with Crippen LogP contribution in [0.15, 0.2) is 66.0 Å². The monoisotopic (exact) mass is 820 g/mol. The highest BCUT2D eigenvalue weighted by Gasteiger charge is 2.44. The highest BCUT2D eigenvalue weighted by atomic mass is 16.5. The molecule has 6 heterocycles. The lowest BCUT2D eigenvalue weighted by molar-refractivity contribution is -0.136. The van der Waals surface area contributed by atoms with Gasteiger partial charge in [0.15, 0.2) is 0 Å². The molecular weight excluding hydrogens is 777 g/mol. The van der Waals surface area contributed by atoms with Crippen LogP contribution >= 0.6 is 0 Å². The molecule has 0 aliphatic carbocycles. The van der Waals surface area contributed by atoms with Crippen LogP contribution in [0, 0.1) is 0 Å². The van der Waals surface area contributed by atoms with Crippen LogP contribution in [0.5, 0.6) is 17.2 Å². The number of methoxy groups -OCH3 is 2. The van der Waals surface area contributed by atoms with E-state index < -0.39 is 29.7 Å². The zero-order chi connectivity index (χ0) is 41.9. The molecule has 8 rings (SSSR count). The van der Waals surface area contributed by atoms with Crippen molar-refractivity contribution in [3.63, 3.8) is 0 Å². The summed E-state index contributed by atoms with van der Waals surface area (Å²) in [6, 6.07) is 9.35. The molecule has 0 radical (unpaired) electrons. The summed E-state index contributed by atoms with van der Waals surface area (Å²) in [6.45, 7) is 3.76. The molecule has 2 aromatic carbocycles. The number of pyridine rings is 2. The molecule has 5 aromatic rings. The topological polar surface area (TPSA) is 199 Å². The predicted molar refractivity (Wildman–Crippen MR) is 213 cm³/mol. The summed E-state index contributed by atoms with van der Waals surface area (Å²) in [5, 5.41) is 12.0. The number of ether oxygens (including phenoxy) is 5. The summed E-state index contributed by atoms with van der Waals surface area (Å²) in [4.78, 5) is 70.0. The van der Waals surface area contributed by atoms with Gasteiger partial charge in [-0.2, -0.15) is 0 Å². The number of carbonyl (C=O) groups is 4. The summed E-state index contributed by atoms with van der Waals surface area (Å²) >= 11 is 0. The highest BCUT2D eigenvalue weighted by molar-refractivity contribution is 6.23. The van der Waals surface area contributed by atoms with Crippen LogP contribution in [0.3, 0.4) is 0 Å². The number of rotatable bonds is 16. The second-order valence-corrected chi connectivity index (χ2v) is 14.8. The Balaban J connectivity index is 0.775. The van der Waals surface area contributed by atoms with E-state index in [0.29, 0.717) is 54.6 Å². The molecule has 0 saturated carbocycles. The molecule has 312 valence electrons. The molecule has 60 heavy (non-hydrogen) atoms. The number of amides is 4. The van der Waals surface area contributed by atoms with Gasteiger partial charge in [0.25, 0.3) is 17.4 Å². The normalized spacial score (nSPS) is 18.0. The molecule has 18 nitrogen and oxygen atoms in total. The van der Waals surface area contributed by atoms with Crippen LogP contribution in [-0.2, 0) is 45.8 Å². The SMILES string of the molecule is COc1cc(-c2cn(C)c(=O)c3cnccc23)cc(OC)c1CN1CCC(OCc2cn(CCOCCOc3ccc4c(c3)C(=O)N(C3CCC(=O)NC3=O)C4=O)nn2)C1. The summed E-state index contributed by atoms with van der Waals surface area (Å²) in [5.41, 5.74) is 3.59. The third kappa shape index (κ3) is 8.21. The summed E-state index contributed by atoms with van der Waals surface area (Å²) in [7, 11) is 5.01. The van der Waals surface area contributed by atoms with Crippen LogP contribution in [0.2, 0.25) is 0 Å². The first kappa shape index (κ1) is 40.3. The van der Waals surface area contributed by atoms with Crippen molar-refractivity contribution < 1.29 is 42.9 Å². The van der Waals surface area contributed by atoms with Crippen molar-refractivity contribution in [1.29, 1.82) is 0 Å². The van der Waals surface area contributed by atoms with Gasteiger partial charge in [-0.15, -0.1) is 5.10 Å². The van der Waals surface area contributed by atoms with Crippen LogP contribution in [-0.4, -0.2) is 117 Å². The van der Waals surface area contributed by atoms with Gasteiger partial charge in [0.1, 0.15) is 35.6 Å². The van der Waals surface area contributed by atoms with Gasteiger partial charge in [0.05, 0.1) is 75.0 Å². The zero-order valence-electron chi connectivity index (χ0n) is 33.4. The van der Waals surface area contributed by atoms with E-state index in [1.54, 1.807) is 49.0 Å². The molecule has 4 amide bonds. The molecule has 2 saturated heterocycles. The molecule has 1 N–H and O–H groups in total. The second-order valence-electron chi connectivity index (χ2n) is 14.8. The average molecular weight is 821 g/mol. The van der Waals surface area contributed by atoms with Gasteiger partial charge in [0.2, 0.25) is 11.8 Å². The average Bonchev–Trinajstić information content (AvgIpc) is 3.97. The van der Waals surface area contributed by atoms with Crippen molar-refractivity contribution in [1.82, 2.24) is 39.7 Å². The first-order valence-electron chi connectivity index (χ1n) is 19.6. The number of hydrogen-bond donors (Lipinski definition) is 1. The fourth-order valence-corrected chi connectivity index (χ4v) is 7.87. The summed E-state index contributed by atoms with van der Waals surface area (Å²) < 4.78 is 32.7. The van der Waals surface area contributed by atoms with Crippen LogP contribution in [0.1, 0.15) is 51.2 Å². The Morgan fingerprint density at radius 1 is 0.867 bits per heavy atom. The van der Waals surface area contributed by atoms with Crippen molar-refractivity contribution in [2.45, 2.75) is 51.1 Å². The van der Waals surface area contributed by atoms with Gasteiger partial charge in [-0.05, 0) is 60.2 Å². The third-order valence-electron chi connectivity index (χ3n) is 10.9. The van der Waals surface area contributed by atoms with E-state index >= 15 is 0 Å². The number of aromatic nitrogens is 5. The van der Waals surface area contributed by atoms with Gasteiger partial charge in [-0.3, -0.25) is 44.1 Å². The number of carbonyl (C=O) groups excluding carboxylic acids is 4.